The van der Waals surface area contributed by atoms with Crippen molar-refractivity contribution in [1.29, 1.82) is 0 Å². The van der Waals surface area contributed by atoms with Gasteiger partial charge in [0.05, 0.1) is 24.0 Å². The second-order valence-electron chi connectivity index (χ2n) is 10.8. The number of carbonyl (C=O) groups excluding carboxylic acids is 1. The Morgan fingerprint density at radius 1 is 1.25 bits per heavy atom. The molecule has 1 amide bonds. The van der Waals surface area contributed by atoms with Crippen LogP contribution in [0.25, 0.3) is 0 Å². The molecule has 2 aromatic heterocycles. The summed E-state index contributed by atoms with van der Waals surface area (Å²) in [4.78, 5) is 16.4. The molecular weight excluding hydrogens is 404 g/mol. The highest BCUT2D eigenvalue weighted by Gasteiger charge is 2.62. The Hall–Kier alpha value is -2.22. The number of aromatic nitrogens is 4. The molecule has 6 rings (SSSR count). The lowest BCUT2D eigenvalue weighted by molar-refractivity contribution is -0.121. The van der Waals surface area contributed by atoms with E-state index in [4.69, 9.17) is 4.52 Å². The zero-order valence-electron chi connectivity index (χ0n) is 19.0. The molecule has 4 aliphatic rings. The van der Waals surface area contributed by atoms with Crippen molar-refractivity contribution in [2.75, 3.05) is 19.6 Å². The standard InChI is InChI=1S/C24H34N6O2/c1-29-25-13-20(27-29)10-23(31)26-19-6-2-16(3-7-19)8-9-30-14-18-12-24(18,15-30)22-11-21(32-28-22)17-4-5-17/h11,13,16-19H,2-10,12,14-15H2,1H3,(H,26,31)/t16?,18-,19?,24-/m0/s1. The van der Waals surface area contributed by atoms with Gasteiger partial charge in [-0.25, -0.2) is 0 Å². The van der Waals surface area contributed by atoms with Crippen LogP contribution in [0.2, 0.25) is 0 Å². The number of likely N-dealkylation sites (tertiary alicyclic amines) is 1. The maximum atomic E-state index is 12.3. The van der Waals surface area contributed by atoms with Gasteiger partial charge in [-0.2, -0.15) is 15.0 Å². The van der Waals surface area contributed by atoms with Crippen LogP contribution in [0.5, 0.6) is 0 Å². The Morgan fingerprint density at radius 2 is 2.09 bits per heavy atom. The van der Waals surface area contributed by atoms with Gasteiger partial charge < -0.3 is 14.7 Å². The zero-order chi connectivity index (χ0) is 21.7. The summed E-state index contributed by atoms with van der Waals surface area (Å²) in [5.41, 5.74) is 2.25. The molecule has 0 aromatic carbocycles. The van der Waals surface area contributed by atoms with E-state index in [0.717, 1.165) is 42.7 Å². The first-order valence-corrected chi connectivity index (χ1v) is 12.4. The molecule has 32 heavy (non-hydrogen) atoms. The van der Waals surface area contributed by atoms with Gasteiger partial charge in [0.2, 0.25) is 5.91 Å². The van der Waals surface area contributed by atoms with Crippen LogP contribution in [0.4, 0.5) is 0 Å². The second-order valence-corrected chi connectivity index (χ2v) is 10.8. The first-order valence-electron chi connectivity index (χ1n) is 12.4. The molecule has 1 saturated heterocycles. The van der Waals surface area contributed by atoms with E-state index in [2.05, 4.69) is 31.6 Å². The molecule has 1 N–H and O–H groups in total. The van der Waals surface area contributed by atoms with Gasteiger partial charge in [0, 0.05) is 43.6 Å². The number of amides is 1. The lowest BCUT2D eigenvalue weighted by Crippen LogP contribution is -2.39. The summed E-state index contributed by atoms with van der Waals surface area (Å²) >= 11 is 0. The number of nitrogens with zero attached hydrogens (tertiary/aromatic N) is 5. The first-order chi connectivity index (χ1) is 15.6. The number of aryl methyl sites for hydroxylation is 1. The number of nitrogens with one attached hydrogen (secondary N) is 1. The number of carbonyl (C=O) groups is 1. The number of hydrogen-bond acceptors (Lipinski definition) is 6. The molecule has 0 unspecified atom stereocenters. The van der Waals surface area contributed by atoms with Crippen LogP contribution in [0.1, 0.15) is 74.4 Å². The topological polar surface area (TPSA) is 89.1 Å². The van der Waals surface area contributed by atoms with Crippen LogP contribution in [-0.4, -0.2) is 56.6 Å². The summed E-state index contributed by atoms with van der Waals surface area (Å²) in [5, 5.41) is 15.9. The van der Waals surface area contributed by atoms with E-state index in [1.807, 2.05) is 0 Å². The van der Waals surface area contributed by atoms with Crippen molar-refractivity contribution in [2.24, 2.45) is 18.9 Å². The molecule has 2 aromatic rings. The van der Waals surface area contributed by atoms with Crippen molar-refractivity contribution >= 4 is 5.91 Å². The molecule has 0 radical (unpaired) electrons. The van der Waals surface area contributed by atoms with Gasteiger partial charge in [-0.3, -0.25) is 4.79 Å². The van der Waals surface area contributed by atoms with Crippen molar-refractivity contribution < 1.29 is 9.32 Å². The average Bonchev–Trinajstić information content (AvgIpc) is 3.59. The molecule has 8 heteroatoms. The molecule has 0 bridgehead atoms. The Morgan fingerprint density at radius 3 is 2.84 bits per heavy atom. The molecule has 3 saturated carbocycles. The molecular formula is C24H34N6O2. The maximum Gasteiger partial charge on any atom is 0.226 e. The molecule has 172 valence electrons. The second kappa shape index (κ2) is 7.97. The SMILES string of the molecule is Cn1ncc(CC(=O)NC2CCC(CCN3C[C@@H]4C[C@]4(c4cc(C5CC5)on4)C3)CC2)n1. The highest BCUT2D eigenvalue weighted by molar-refractivity contribution is 5.78. The third-order valence-corrected chi connectivity index (χ3v) is 8.29. The minimum atomic E-state index is 0.0632. The van der Waals surface area contributed by atoms with E-state index in [9.17, 15) is 4.79 Å². The predicted octanol–water partition coefficient (Wildman–Crippen LogP) is 2.56. The quantitative estimate of drug-likeness (QED) is 0.681. The Labute approximate surface area is 189 Å². The minimum Gasteiger partial charge on any atom is -0.361 e. The Kier molecular flexibility index (Phi) is 5.08. The van der Waals surface area contributed by atoms with Gasteiger partial charge in [0.25, 0.3) is 0 Å². The normalized spacial score (nSPS) is 32.1. The van der Waals surface area contributed by atoms with Gasteiger partial charge in [0.1, 0.15) is 5.76 Å². The van der Waals surface area contributed by atoms with E-state index >= 15 is 0 Å². The Balaban J connectivity index is 0.921. The molecule has 1 aliphatic heterocycles. The predicted molar refractivity (Wildman–Crippen MR) is 118 cm³/mol. The highest BCUT2D eigenvalue weighted by Crippen LogP contribution is 2.59. The van der Waals surface area contributed by atoms with Crippen LogP contribution in [0.15, 0.2) is 16.8 Å². The molecule has 4 fully saturated rings. The fraction of sp³-hybridized carbons (Fsp3) is 0.750. The number of rotatable bonds is 8. The maximum absolute atomic E-state index is 12.3. The van der Waals surface area contributed by atoms with Crippen LogP contribution in [0.3, 0.4) is 0 Å². The van der Waals surface area contributed by atoms with Crippen molar-refractivity contribution in [3.63, 3.8) is 0 Å². The van der Waals surface area contributed by atoms with Crippen molar-refractivity contribution in [2.45, 2.75) is 75.2 Å². The lowest BCUT2D eigenvalue weighted by Gasteiger charge is -2.30. The average molecular weight is 439 g/mol. The molecule has 3 aliphatic carbocycles. The summed E-state index contributed by atoms with van der Waals surface area (Å²) in [6, 6.07) is 2.58. The van der Waals surface area contributed by atoms with Gasteiger partial charge in [-0.15, -0.1) is 0 Å². The lowest BCUT2D eigenvalue weighted by atomic mass is 9.84. The molecule has 8 nitrogen and oxygen atoms in total. The number of fused-ring (bicyclic) bond motifs is 1. The van der Waals surface area contributed by atoms with Crippen LogP contribution in [0, 0.1) is 11.8 Å². The Bertz CT molecular complexity index is 973. The monoisotopic (exact) mass is 438 g/mol. The van der Waals surface area contributed by atoms with E-state index < -0.39 is 0 Å². The van der Waals surface area contributed by atoms with Gasteiger partial charge >= 0.3 is 0 Å². The van der Waals surface area contributed by atoms with Crippen LogP contribution < -0.4 is 5.32 Å². The van der Waals surface area contributed by atoms with Crippen LogP contribution >= 0.6 is 0 Å². The van der Waals surface area contributed by atoms with Gasteiger partial charge in [0.15, 0.2) is 0 Å². The molecule has 3 heterocycles. The third kappa shape index (κ3) is 4.09. The summed E-state index contributed by atoms with van der Waals surface area (Å²) in [7, 11) is 1.77. The first kappa shape index (κ1) is 20.4. The van der Waals surface area contributed by atoms with Crippen LogP contribution in [-0.2, 0) is 23.7 Å². The van der Waals surface area contributed by atoms with E-state index in [-0.39, 0.29) is 5.91 Å². The van der Waals surface area contributed by atoms with Gasteiger partial charge in [-0.05, 0) is 69.7 Å². The van der Waals surface area contributed by atoms with Crippen molar-refractivity contribution in [3.8, 4) is 0 Å². The summed E-state index contributed by atoms with van der Waals surface area (Å²) in [6.45, 7) is 3.57. The highest BCUT2D eigenvalue weighted by atomic mass is 16.5. The molecule has 2 atom stereocenters. The number of piperidine rings is 1. The summed E-state index contributed by atoms with van der Waals surface area (Å²) < 4.78 is 5.65. The fourth-order valence-electron chi connectivity index (χ4n) is 6.11. The van der Waals surface area contributed by atoms with E-state index in [1.165, 1.54) is 62.1 Å². The third-order valence-electron chi connectivity index (χ3n) is 8.29. The van der Waals surface area contributed by atoms with Gasteiger partial charge in [-0.1, -0.05) is 5.16 Å². The van der Waals surface area contributed by atoms with Crippen molar-refractivity contribution in [1.82, 2.24) is 30.4 Å². The smallest absolute Gasteiger partial charge is 0.226 e. The largest absolute Gasteiger partial charge is 0.361 e. The number of hydrogen-bond donors (Lipinski definition) is 1. The molecule has 0 spiro atoms. The van der Waals surface area contributed by atoms with Crippen molar-refractivity contribution in [3.05, 3.63) is 29.4 Å². The summed E-state index contributed by atoms with van der Waals surface area (Å²) in [5.74, 6) is 3.39. The van der Waals surface area contributed by atoms with E-state index in [0.29, 0.717) is 23.8 Å². The van der Waals surface area contributed by atoms with E-state index in [1.54, 1.807) is 13.2 Å². The fourth-order valence-corrected chi connectivity index (χ4v) is 6.11. The minimum absolute atomic E-state index is 0.0632. The summed E-state index contributed by atoms with van der Waals surface area (Å²) in [6.07, 6.45) is 11.7. The zero-order valence-corrected chi connectivity index (χ0v) is 19.0.